The Bertz CT molecular complexity index is 3620. The van der Waals surface area contributed by atoms with Gasteiger partial charge in [-0.05, 0) is 116 Å². The summed E-state index contributed by atoms with van der Waals surface area (Å²) in [5.41, 5.74) is 18.5. The Morgan fingerprint density at radius 1 is 0.254 bits per heavy atom. The first-order valence-corrected chi connectivity index (χ1v) is 21.4. The molecule has 296 valence electrons. The first-order chi connectivity index (χ1) is 31.2. The van der Waals surface area contributed by atoms with Crippen LogP contribution in [0.25, 0.3) is 99.5 Å². The van der Waals surface area contributed by atoms with Gasteiger partial charge in [0.25, 0.3) is 0 Å². The summed E-state index contributed by atoms with van der Waals surface area (Å²) in [6.45, 7) is 0. The van der Waals surface area contributed by atoms with Crippen LogP contribution in [0, 0.1) is 0 Å². The van der Waals surface area contributed by atoms with E-state index >= 15 is 0 Å². The van der Waals surface area contributed by atoms with Gasteiger partial charge in [0, 0.05) is 27.5 Å². The zero-order chi connectivity index (χ0) is 41.7. The molecule has 0 radical (unpaired) electrons. The van der Waals surface area contributed by atoms with Crippen molar-refractivity contribution < 1.29 is 8.83 Å². The van der Waals surface area contributed by atoms with Crippen LogP contribution >= 0.6 is 0 Å². The van der Waals surface area contributed by atoms with Gasteiger partial charge in [-0.25, -0.2) is 0 Å². The summed E-state index contributed by atoms with van der Waals surface area (Å²) in [4.78, 5) is 2.35. The van der Waals surface area contributed by atoms with Crippen molar-refractivity contribution in [1.82, 2.24) is 0 Å². The van der Waals surface area contributed by atoms with E-state index < -0.39 is 0 Å². The Morgan fingerprint density at radius 3 is 1.32 bits per heavy atom. The van der Waals surface area contributed by atoms with E-state index in [4.69, 9.17) is 8.83 Å². The van der Waals surface area contributed by atoms with Gasteiger partial charge in [0.2, 0.25) is 0 Å². The van der Waals surface area contributed by atoms with Crippen molar-refractivity contribution in [2.24, 2.45) is 0 Å². The van der Waals surface area contributed by atoms with Gasteiger partial charge in [-0.15, -0.1) is 0 Å². The molecule has 12 rings (SSSR count). The molecule has 3 nitrogen and oxygen atoms in total. The minimum Gasteiger partial charge on any atom is -0.456 e. The van der Waals surface area contributed by atoms with Crippen LogP contribution in [0.15, 0.2) is 245 Å². The molecule has 0 aliphatic carbocycles. The molecular formula is C60H39NO2. The van der Waals surface area contributed by atoms with E-state index in [1.54, 1.807) is 0 Å². The zero-order valence-corrected chi connectivity index (χ0v) is 34.3. The molecule has 0 spiro atoms. The molecule has 10 aromatic carbocycles. The molecule has 63 heavy (non-hydrogen) atoms. The average molecular weight is 806 g/mol. The summed E-state index contributed by atoms with van der Waals surface area (Å²) in [5.74, 6) is 0. The predicted molar refractivity (Wildman–Crippen MR) is 263 cm³/mol. The molecular weight excluding hydrogens is 767 g/mol. The summed E-state index contributed by atoms with van der Waals surface area (Å²) >= 11 is 0. The van der Waals surface area contributed by atoms with Gasteiger partial charge in [-0.1, -0.05) is 176 Å². The van der Waals surface area contributed by atoms with Gasteiger partial charge in [0.15, 0.2) is 0 Å². The number of benzene rings is 10. The maximum absolute atomic E-state index is 6.42. The van der Waals surface area contributed by atoms with E-state index in [2.05, 4.69) is 217 Å². The van der Waals surface area contributed by atoms with Crippen molar-refractivity contribution in [3.05, 3.63) is 237 Å². The minimum absolute atomic E-state index is 0.856. The molecule has 0 N–H and O–H groups in total. The van der Waals surface area contributed by atoms with Crippen molar-refractivity contribution in [1.29, 1.82) is 0 Å². The molecule has 0 aliphatic rings. The highest BCUT2D eigenvalue weighted by Gasteiger charge is 2.21. The van der Waals surface area contributed by atoms with E-state index in [-0.39, 0.29) is 0 Å². The van der Waals surface area contributed by atoms with Crippen LogP contribution in [0.1, 0.15) is 0 Å². The molecule has 2 aromatic heterocycles. The van der Waals surface area contributed by atoms with Crippen LogP contribution in [0.2, 0.25) is 0 Å². The molecule has 0 aliphatic heterocycles. The highest BCUT2D eigenvalue weighted by atomic mass is 16.3. The van der Waals surface area contributed by atoms with Gasteiger partial charge < -0.3 is 13.7 Å². The number of rotatable bonds is 8. The summed E-state index contributed by atoms with van der Waals surface area (Å²) < 4.78 is 12.6. The second-order valence-electron chi connectivity index (χ2n) is 16.0. The highest BCUT2D eigenvalue weighted by molar-refractivity contribution is 6.13. The maximum Gasteiger partial charge on any atom is 0.137 e. The molecule has 0 atom stereocenters. The third-order valence-electron chi connectivity index (χ3n) is 12.3. The Kier molecular flexibility index (Phi) is 8.83. The lowest BCUT2D eigenvalue weighted by atomic mass is 9.87. The van der Waals surface area contributed by atoms with Crippen LogP contribution in [0.3, 0.4) is 0 Å². The molecule has 0 unspecified atom stereocenters. The number of furan rings is 2. The fraction of sp³-hybridized carbons (Fsp3) is 0. The highest BCUT2D eigenvalue weighted by Crippen LogP contribution is 2.45. The van der Waals surface area contributed by atoms with Crippen molar-refractivity contribution in [2.45, 2.75) is 0 Å². The summed E-state index contributed by atoms with van der Waals surface area (Å²) in [5, 5.41) is 4.41. The molecule has 0 saturated heterocycles. The molecule has 0 bridgehead atoms. The van der Waals surface area contributed by atoms with Crippen molar-refractivity contribution in [3.63, 3.8) is 0 Å². The van der Waals surface area contributed by atoms with E-state index in [1.807, 2.05) is 24.3 Å². The summed E-state index contributed by atoms with van der Waals surface area (Å²) in [7, 11) is 0. The number of fused-ring (bicyclic) bond motifs is 6. The number of hydrogen-bond acceptors (Lipinski definition) is 3. The lowest BCUT2D eigenvalue weighted by Crippen LogP contribution is -2.10. The van der Waals surface area contributed by atoms with Gasteiger partial charge in [0.1, 0.15) is 22.3 Å². The number of anilines is 3. The van der Waals surface area contributed by atoms with E-state index in [0.717, 1.165) is 77.6 Å². The van der Waals surface area contributed by atoms with Gasteiger partial charge in [0.05, 0.1) is 11.1 Å². The normalized spacial score (nSPS) is 11.5. The lowest BCUT2D eigenvalue weighted by molar-refractivity contribution is 0.668. The fourth-order valence-electron chi connectivity index (χ4n) is 9.38. The predicted octanol–water partition coefficient (Wildman–Crippen LogP) is 17.3. The molecule has 0 fully saturated rings. The second-order valence-corrected chi connectivity index (χ2v) is 16.0. The van der Waals surface area contributed by atoms with Crippen molar-refractivity contribution >= 4 is 60.9 Å². The Labute approximate surface area is 365 Å². The van der Waals surface area contributed by atoms with E-state index in [1.165, 1.54) is 38.9 Å². The quantitative estimate of drug-likeness (QED) is 0.153. The van der Waals surface area contributed by atoms with Crippen LogP contribution < -0.4 is 4.90 Å². The van der Waals surface area contributed by atoms with Gasteiger partial charge in [-0.3, -0.25) is 0 Å². The standard InChI is InChI=1S/C60H39NO2/c1-2-15-41(16-3-1)46-17-4-6-19-48(46)50-21-8-9-22-51(50)49-20-7-5-18-47(49)42-31-36-45(37-32-42)61(55-25-14-28-59-60(55)53-24-11-13-27-57(53)63-59)44-34-29-40(30-35-44)43-33-38-58-54(39-43)52-23-10-12-26-56(52)62-58/h1-39H. The first-order valence-electron chi connectivity index (χ1n) is 21.4. The maximum atomic E-state index is 6.42. The van der Waals surface area contributed by atoms with Crippen LogP contribution in [-0.4, -0.2) is 0 Å². The lowest BCUT2D eigenvalue weighted by Gasteiger charge is -2.27. The van der Waals surface area contributed by atoms with Crippen LogP contribution in [-0.2, 0) is 0 Å². The van der Waals surface area contributed by atoms with Crippen LogP contribution in [0.5, 0.6) is 0 Å². The number of hydrogen-bond donors (Lipinski definition) is 0. The van der Waals surface area contributed by atoms with Crippen molar-refractivity contribution in [2.75, 3.05) is 4.90 Å². The second kappa shape index (κ2) is 15.3. The molecule has 2 heterocycles. The Hall–Kier alpha value is -8.40. The van der Waals surface area contributed by atoms with Gasteiger partial charge >= 0.3 is 0 Å². The summed E-state index contributed by atoms with van der Waals surface area (Å²) in [6, 6.07) is 84.2. The van der Waals surface area contributed by atoms with E-state index in [0.29, 0.717) is 0 Å². The molecule has 12 aromatic rings. The SMILES string of the molecule is c1ccc(-c2ccccc2-c2ccccc2-c2ccccc2-c2ccc(N(c3ccc(-c4ccc5oc6ccccc6c5c4)cc3)c3cccc4oc5ccccc5c34)cc2)cc1. The van der Waals surface area contributed by atoms with Crippen LogP contribution in [0.4, 0.5) is 17.1 Å². The third-order valence-corrected chi connectivity index (χ3v) is 12.3. The van der Waals surface area contributed by atoms with Crippen molar-refractivity contribution in [3.8, 4) is 55.6 Å². The first kappa shape index (κ1) is 36.5. The molecule has 0 saturated carbocycles. The number of nitrogens with zero attached hydrogens (tertiary/aromatic N) is 1. The van der Waals surface area contributed by atoms with E-state index in [9.17, 15) is 0 Å². The molecule has 0 amide bonds. The smallest absolute Gasteiger partial charge is 0.137 e. The fourth-order valence-corrected chi connectivity index (χ4v) is 9.38. The monoisotopic (exact) mass is 805 g/mol. The summed E-state index contributed by atoms with van der Waals surface area (Å²) in [6.07, 6.45) is 0. The average Bonchev–Trinajstić information content (AvgIpc) is 3.94. The minimum atomic E-state index is 0.856. The third kappa shape index (κ3) is 6.38. The molecule has 3 heteroatoms. The zero-order valence-electron chi connectivity index (χ0n) is 34.3. The Morgan fingerprint density at radius 2 is 0.683 bits per heavy atom. The topological polar surface area (TPSA) is 29.5 Å². The van der Waals surface area contributed by atoms with Gasteiger partial charge in [-0.2, -0.15) is 0 Å². The largest absolute Gasteiger partial charge is 0.456 e. The number of para-hydroxylation sites is 2. The Balaban J connectivity index is 0.962.